The van der Waals surface area contributed by atoms with Gasteiger partial charge in [-0.05, 0) is 42.4 Å². The lowest BCUT2D eigenvalue weighted by molar-refractivity contribution is 0.0995. The monoisotopic (exact) mass is 415 g/mol. The lowest BCUT2D eigenvalue weighted by atomic mass is 9.98. The van der Waals surface area contributed by atoms with E-state index in [4.69, 9.17) is 9.88 Å². The first-order valence-electron chi connectivity index (χ1n) is 9.69. The number of rotatable bonds is 2. The number of fused-ring (bicyclic) bond motifs is 3. The maximum Gasteiger partial charge on any atom is 0.354 e. The second kappa shape index (κ2) is 6.67. The normalized spacial score (nSPS) is 19.0. The van der Waals surface area contributed by atoms with Crippen molar-refractivity contribution in [3.8, 4) is 5.88 Å². The Hall–Kier alpha value is -2.72. The van der Waals surface area contributed by atoms with Crippen LogP contribution in [-0.2, 0) is 35.7 Å². The van der Waals surface area contributed by atoms with E-state index in [-0.39, 0.29) is 16.6 Å². The highest BCUT2D eigenvalue weighted by Gasteiger charge is 2.30. The highest BCUT2D eigenvalue weighted by atomic mass is 32.2. The van der Waals surface area contributed by atoms with Crippen LogP contribution in [0.3, 0.4) is 0 Å². The number of ether oxygens (including phenoxy) is 1. The van der Waals surface area contributed by atoms with E-state index in [1.54, 1.807) is 4.68 Å². The molecule has 29 heavy (non-hydrogen) atoms. The SMILES string of the molecule is NS(=O)(=NC(=O)Nc1c2c(cc3c1C(=O)CC3)CCC2)c1cnn2c1OCCC2. The summed E-state index contributed by atoms with van der Waals surface area (Å²) in [5.41, 5.74) is 4.15. The third-order valence-electron chi connectivity index (χ3n) is 5.66. The molecule has 2 amide bonds. The zero-order chi connectivity index (χ0) is 20.2. The Kier molecular flexibility index (Phi) is 4.21. The highest BCUT2D eigenvalue weighted by molar-refractivity contribution is 7.91. The van der Waals surface area contributed by atoms with Gasteiger partial charge < -0.3 is 10.1 Å². The van der Waals surface area contributed by atoms with Crippen molar-refractivity contribution in [1.29, 1.82) is 0 Å². The third-order valence-corrected chi connectivity index (χ3v) is 7.01. The average molecular weight is 415 g/mol. The molecule has 152 valence electrons. The number of nitrogens with two attached hydrogens (primary N) is 1. The summed E-state index contributed by atoms with van der Waals surface area (Å²) < 4.78 is 23.8. The molecule has 3 aliphatic rings. The lowest BCUT2D eigenvalue weighted by Crippen LogP contribution is -2.21. The summed E-state index contributed by atoms with van der Waals surface area (Å²) >= 11 is 0. The van der Waals surface area contributed by atoms with Crippen molar-refractivity contribution in [3.05, 3.63) is 34.5 Å². The second-order valence-electron chi connectivity index (χ2n) is 7.53. The zero-order valence-electron chi connectivity index (χ0n) is 15.8. The van der Waals surface area contributed by atoms with Crippen molar-refractivity contribution >= 4 is 27.4 Å². The fourth-order valence-corrected chi connectivity index (χ4v) is 5.38. The van der Waals surface area contributed by atoms with Crippen LogP contribution in [0.2, 0.25) is 0 Å². The van der Waals surface area contributed by atoms with E-state index in [9.17, 15) is 13.8 Å². The van der Waals surface area contributed by atoms with Gasteiger partial charge in [-0.1, -0.05) is 6.07 Å². The number of carbonyl (C=O) groups excluding carboxylic acids is 2. The standard InChI is InChI=1S/C19H21N5O4S/c20-29(27,15-10-21-24-7-2-8-28-18(15)24)23-19(26)22-17-13-4-1-3-11(13)9-12-5-6-14(25)16(12)17/h9-10H,1-8H2,(H3,20,22,23,26,27). The van der Waals surface area contributed by atoms with Crippen molar-refractivity contribution in [2.75, 3.05) is 11.9 Å². The number of aryl methyl sites for hydroxylation is 3. The number of ketones is 1. The van der Waals surface area contributed by atoms with Crippen LogP contribution in [0.4, 0.5) is 10.5 Å². The Morgan fingerprint density at radius 3 is 2.97 bits per heavy atom. The Morgan fingerprint density at radius 1 is 1.24 bits per heavy atom. The molecule has 0 saturated heterocycles. The fraction of sp³-hybridized carbons (Fsp3) is 0.421. The van der Waals surface area contributed by atoms with Crippen LogP contribution in [0.5, 0.6) is 5.88 Å². The Balaban J connectivity index is 1.51. The lowest BCUT2D eigenvalue weighted by Gasteiger charge is -2.16. The molecular weight excluding hydrogens is 394 g/mol. The molecule has 10 heteroatoms. The van der Waals surface area contributed by atoms with Crippen molar-refractivity contribution in [3.63, 3.8) is 0 Å². The van der Waals surface area contributed by atoms with E-state index < -0.39 is 15.9 Å². The van der Waals surface area contributed by atoms with Gasteiger partial charge in [0, 0.05) is 24.9 Å². The number of hydrogen-bond donors (Lipinski definition) is 2. The fourth-order valence-electron chi connectivity index (χ4n) is 4.38. The van der Waals surface area contributed by atoms with Crippen LogP contribution in [0.15, 0.2) is 21.5 Å². The molecule has 1 atom stereocenters. The second-order valence-corrected chi connectivity index (χ2v) is 9.29. The number of Topliss-reactive ketones (excluding diaryl/α,β-unsaturated/α-hetero) is 1. The number of hydrogen-bond acceptors (Lipinski definition) is 5. The number of amides is 2. The molecule has 1 aromatic heterocycles. The average Bonchev–Trinajstić information content (AvgIpc) is 3.39. The van der Waals surface area contributed by atoms with Crippen LogP contribution >= 0.6 is 0 Å². The van der Waals surface area contributed by atoms with Crippen LogP contribution < -0.4 is 15.2 Å². The summed E-state index contributed by atoms with van der Waals surface area (Å²) in [7, 11) is -3.55. The van der Waals surface area contributed by atoms with Gasteiger partial charge in [0.15, 0.2) is 15.7 Å². The van der Waals surface area contributed by atoms with Gasteiger partial charge >= 0.3 is 6.03 Å². The maximum absolute atomic E-state index is 13.0. The van der Waals surface area contributed by atoms with Gasteiger partial charge in [0.1, 0.15) is 4.90 Å². The molecule has 0 radical (unpaired) electrons. The van der Waals surface area contributed by atoms with E-state index in [1.165, 1.54) is 6.20 Å². The summed E-state index contributed by atoms with van der Waals surface area (Å²) in [6.45, 7) is 1.09. The minimum Gasteiger partial charge on any atom is -0.477 e. The van der Waals surface area contributed by atoms with E-state index in [0.29, 0.717) is 37.2 Å². The van der Waals surface area contributed by atoms with Gasteiger partial charge in [-0.3, -0.25) is 4.79 Å². The molecule has 2 heterocycles. The summed E-state index contributed by atoms with van der Waals surface area (Å²) in [5.74, 6) is 0.301. The minimum absolute atomic E-state index is 0.0117. The first-order valence-corrected chi connectivity index (χ1v) is 11.3. The van der Waals surface area contributed by atoms with Crippen molar-refractivity contribution < 1.29 is 18.5 Å². The number of carbonyl (C=O) groups is 2. The van der Waals surface area contributed by atoms with E-state index in [0.717, 1.165) is 42.4 Å². The highest BCUT2D eigenvalue weighted by Crippen LogP contribution is 2.38. The Morgan fingerprint density at radius 2 is 2.10 bits per heavy atom. The quantitative estimate of drug-likeness (QED) is 0.777. The summed E-state index contributed by atoms with van der Waals surface area (Å²) in [5, 5.41) is 12.7. The van der Waals surface area contributed by atoms with Gasteiger partial charge in [0.25, 0.3) is 0 Å². The number of nitrogens with one attached hydrogen (secondary N) is 1. The molecule has 9 nitrogen and oxygen atoms in total. The number of aromatic nitrogens is 2. The third kappa shape index (κ3) is 3.03. The smallest absolute Gasteiger partial charge is 0.354 e. The van der Waals surface area contributed by atoms with Crippen molar-refractivity contribution in [1.82, 2.24) is 9.78 Å². The number of anilines is 1. The van der Waals surface area contributed by atoms with E-state index in [2.05, 4.69) is 20.8 Å². The Bertz CT molecular complexity index is 1180. The van der Waals surface area contributed by atoms with Gasteiger partial charge in [-0.25, -0.2) is 18.8 Å². The predicted octanol–water partition coefficient (Wildman–Crippen LogP) is 2.22. The summed E-state index contributed by atoms with van der Waals surface area (Å²) in [6.07, 6.45) is 5.91. The summed E-state index contributed by atoms with van der Waals surface area (Å²) in [6, 6.07) is 1.24. The molecular formula is C19H21N5O4S. The molecule has 0 spiro atoms. The zero-order valence-corrected chi connectivity index (χ0v) is 16.6. The van der Waals surface area contributed by atoms with Crippen molar-refractivity contribution in [2.45, 2.75) is 50.0 Å². The molecule has 3 N–H and O–H groups in total. The topological polar surface area (TPSA) is 129 Å². The number of benzene rings is 1. The minimum atomic E-state index is -3.55. The molecule has 1 aliphatic heterocycles. The first-order chi connectivity index (χ1) is 13.9. The van der Waals surface area contributed by atoms with Gasteiger partial charge in [0.05, 0.1) is 18.5 Å². The van der Waals surface area contributed by atoms with E-state index >= 15 is 0 Å². The van der Waals surface area contributed by atoms with Crippen LogP contribution in [0.25, 0.3) is 0 Å². The molecule has 2 aromatic rings. The van der Waals surface area contributed by atoms with Crippen molar-refractivity contribution in [2.24, 2.45) is 9.50 Å². The molecule has 5 rings (SSSR count). The Labute approximate surface area is 167 Å². The first kappa shape index (κ1) is 18.3. The largest absolute Gasteiger partial charge is 0.477 e. The van der Waals surface area contributed by atoms with Crippen LogP contribution in [-0.4, -0.2) is 32.4 Å². The summed E-state index contributed by atoms with van der Waals surface area (Å²) in [4.78, 5) is 25.2. The molecule has 0 fully saturated rings. The van der Waals surface area contributed by atoms with Crippen LogP contribution in [0, 0.1) is 0 Å². The molecule has 0 bridgehead atoms. The van der Waals surface area contributed by atoms with E-state index in [1.807, 2.05) is 0 Å². The molecule has 2 aliphatic carbocycles. The maximum atomic E-state index is 13.0. The number of urea groups is 1. The molecule has 1 aromatic carbocycles. The predicted molar refractivity (Wildman–Crippen MR) is 106 cm³/mol. The van der Waals surface area contributed by atoms with Gasteiger partial charge in [-0.15, -0.1) is 4.36 Å². The van der Waals surface area contributed by atoms with Crippen LogP contribution in [0.1, 0.15) is 46.3 Å². The molecule has 1 unspecified atom stereocenters. The van der Waals surface area contributed by atoms with Gasteiger partial charge in [-0.2, -0.15) is 5.10 Å². The van der Waals surface area contributed by atoms with Gasteiger partial charge in [0.2, 0.25) is 5.88 Å². The molecule has 0 saturated carbocycles. The number of nitrogens with zero attached hydrogens (tertiary/aromatic N) is 3.